The van der Waals surface area contributed by atoms with E-state index < -0.39 is 22.0 Å². The molecule has 0 aliphatic heterocycles. The van der Waals surface area contributed by atoms with Crippen LogP contribution in [0.25, 0.3) is 0 Å². The predicted molar refractivity (Wildman–Crippen MR) is 131 cm³/mol. The molecule has 34 heavy (non-hydrogen) atoms. The fourth-order valence-electron chi connectivity index (χ4n) is 3.17. The van der Waals surface area contributed by atoms with Gasteiger partial charge in [-0.3, -0.25) is 9.59 Å². The molecule has 178 valence electrons. The van der Waals surface area contributed by atoms with Crippen LogP contribution in [0.3, 0.4) is 0 Å². The van der Waals surface area contributed by atoms with Gasteiger partial charge in [-0.2, -0.15) is 4.72 Å². The molecule has 0 spiro atoms. The Hall–Kier alpha value is -3.69. The zero-order valence-corrected chi connectivity index (χ0v) is 19.9. The van der Waals surface area contributed by atoms with E-state index in [1.165, 1.54) is 31.4 Å². The van der Waals surface area contributed by atoms with Crippen molar-refractivity contribution in [1.82, 2.24) is 4.72 Å². The fraction of sp³-hybridized carbons (Fsp3) is 0.200. The summed E-state index contributed by atoms with van der Waals surface area (Å²) >= 11 is 0. The van der Waals surface area contributed by atoms with Crippen LogP contribution in [0, 0.1) is 5.92 Å². The molecule has 0 aromatic heterocycles. The second-order valence-corrected chi connectivity index (χ2v) is 9.62. The topological polar surface area (TPSA) is 114 Å². The van der Waals surface area contributed by atoms with Gasteiger partial charge in [0.15, 0.2) is 0 Å². The van der Waals surface area contributed by atoms with Crippen LogP contribution in [-0.4, -0.2) is 33.4 Å². The average molecular weight is 482 g/mol. The largest absolute Gasteiger partial charge is 0.497 e. The predicted octanol–water partition coefficient (Wildman–Crippen LogP) is 3.89. The Morgan fingerprint density at radius 1 is 0.824 bits per heavy atom. The first-order valence-corrected chi connectivity index (χ1v) is 12.1. The molecule has 0 heterocycles. The number of benzene rings is 3. The molecule has 3 aromatic rings. The molecule has 0 aliphatic carbocycles. The number of rotatable bonds is 9. The Balaban J connectivity index is 1.71. The van der Waals surface area contributed by atoms with Gasteiger partial charge in [0.05, 0.1) is 12.0 Å². The lowest BCUT2D eigenvalue weighted by Crippen LogP contribution is -2.47. The van der Waals surface area contributed by atoms with Crippen LogP contribution in [-0.2, 0) is 14.8 Å². The van der Waals surface area contributed by atoms with Gasteiger partial charge < -0.3 is 15.4 Å². The highest BCUT2D eigenvalue weighted by atomic mass is 32.2. The van der Waals surface area contributed by atoms with Gasteiger partial charge in [0.25, 0.3) is 5.91 Å². The van der Waals surface area contributed by atoms with E-state index in [1.54, 1.807) is 62.4 Å². The van der Waals surface area contributed by atoms with Crippen LogP contribution in [0.1, 0.15) is 24.2 Å². The molecule has 0 unspecified atom stereocenters. The zero-order chi connectivity index (χ0) is 24.7. The highest BCUT2D eigenvalue weighted by Gasteiger charge is 2.28. The molecule has 3 rings (SSSR count). The average Bonchev–Trinajstić information content (AvgIpc) is 2.83. The summed E-state index contributed by atoms with van der Waals surface area (Å²) in [5, 5.41) is 5.51. The molecule has 0 saturated carbocycles. The molecule has 1 atom stereocenters. The van der Waals surface area contributed by atoms with Crippen LogP contribution < -0.4 is 20.1 Å². The van der Waals surface area contributed by atoms with Crippen molar-refractivity contribution in [3.8, 4) is 5.75 Å². The van der Waals surface area contributed by atoms with E-state index in [0.717, 1.165) is 0 Å². The first-order chi connectivity index (χ1) is 16.2. The van der Waals surface area contributed by atoms with Crippen molar-refractivity contribution in [2.75, 3.05) is 17.7 Å². The maximum Gasteiger partial charge on any atom is 0.255 e. The van der Waals surface area contributed by atoms with Gasteiger partial charge >= 0.3 is 0 Å². The number of hydrogen-bond acceptors (Lipinski definition) is 5. The van der Waals surface area contributed by atoms with Crippen molar-refractivity contribution in [3.63, 3.8) is 0 Å². The number of methoxy groups -OCH3 is 1. The molecule has 0 fully saturated rings. The van der Waals surface area contributed by atoms with Gasteiger partial charge in [-0.05, 0) is 60.5 Å². The Kier molecular flexibility index (Phi) is 8.04. The SMILES string of the molecule is COc1ccc(S(=O)(=O)N[C@H](C(=O)Nc2cccc(NC(=O)c3ccccc3)c2)C(C)C)cc1. The summed E-state index contributed by atoms with van der Waals surface area (Å²) in [6.07, 6.45) is 0. The van der Waals surface area contributed by atoms with Crippen LogP contribution in [0.5, 0.6) is 5.75 Å². The first kappa shape index (κ1) is 24.9. The number of amides is 2. The van der Waals surface area contributed by atoms with E-state index >= 15 is 0 Å². The Morgan fingerprint density at radius 3 is 2.03 bits per heavy atom. The van der Waals surface area contributed by atoms with Crippen molar-refractivity contribution < 1.29 is 22.7 Å². The molecular weight excluding hydrogens is 454 g/mol. The minimum Gasteiger partial charge on any atom is -0.497 e. The van der Waals surface area contributed by atoms with Crippen LogP contribution in [0.4, 0.5) is 11.4 Å². The molecule has 3 aromatic carbocycles. The van der Waals surface area contributed by atoms with Gasteiger partial charge in [0.1, 0.15) is 11.8 Å². The third-order valence-corrected chi connectivity index (χ3v) is 6.48. The highest BCUT2D eigenvalue weighted by Crippen LogP contribution is 2.19. The molecule has 0 bridgehead atoms. The fourth-order valence-corrected chi connectivity index (χ4v) is 4.51. The van der Waals surface area contributed by atoms with Crippen molar-refractivity contribution in [1.29, 1.82) is 0 Å². The molecule has 0 saturated heterocycles. The molecule has 0 aliphatic rings. The second-order valence-electron chi connectivity index (χ2n) is 7.91. The summed E-state index contributed by atoms with van der Waals surface area (Å²) in [5.74, 6) is -0.597. The van der Waals surface area contributed by atoms with Crippen molar-refractivity contribution in [3.05, 3.63) is 84.4 Å². The van der Waals surface area contributed by atoms with Gasteiger partial charge in [0.2, 0.25) is 15.9 Å². The first-order valence-electron chi connectivity index (χ1n) is 10.6. The van der Waals surface area contributed by atoms with E-state index in [0.29, 0.717) is 22.7 Å². The molecular formula is C25H27N3O5S. The Labute approximate surface area is 199 Å². The Bertz CT molecular complexity index is 1240. The number of nitrogens with one attached hydrogen (secondary N) is 3. The summed E-state index contributed by atoms with van der Waals surface area (Å²) in [5.41, 5.74) is 1.42. The smallest absolute Gasteiger partial charge is 0.255 e. The monoisotopic (exact) mass is 481 g/mol. The minimum absolute atomic E-state index is 0.0253. The maximum absolute atomic E-state index is 13.0. The molecule has 2 amide bonds. The van der Waals surface area contributed by atoms with Gasteiger partial charge in [0, 0.05) is 16.9 Å². The van der Waals surface area contributed by atoms with E-state index in [9.17, 15) is 18.0 Å². The highest BCUT2D eigenvalue weighted by molar-refractivity contribution is 7.89. The standard InChI is InChI=1S/C25H27N3O5S/c1-17(2)23(28-34(31,32)22-14-12-21(33-3)13-15-22)25(30)27-20-11-7-10-19(16-20)26-24(29)18-8-5-4-6-9-18/h4-17,23,28H,1-3H3,(H,26,29)(H,27,30)/t23-/m0/s1. The summed E-state index contributed by atoms with van der Waals surface area (Å²) in [4.78, 5) is 25.4. The van der Waals surface area contributed by atoms with Crippen molar-refractivity contribution >= 4 is 33.2 Å². The van der Waals surface area contributed by atoms with Crippen molar-refractivity contribution in [2.45, 2.75) is 24.8 Å². The van der Waals surface area contributed by atoms with Gasteiger partial charge in [-0.1, -0.05) is 38.1 Å². The van der Waals surface area contributed by atoms with Gasteiger partial charge in [-0.25, -0.2) is 8.42 Å². The molecule has 8 nitrogen and oxygen atoms in total. The molecule has 0 radical (unpaired) electrons. The van der Waals surface area contributed by atoms with E-state index in [1.807, 2.05) is 6.07 Å². The number of hydrogen-bond donors (Lipinski definition) is 3. The number of carbonyl (C=O) groups is 2. The lowest BCUT2D eigenvalue weighted by atomic mass is 10.0. The van der Waals surface area contributed by atoms with Crippen LogP contribution in [0.15, 0.2) is 83.8 Å². The number of sulfonamides is 1. The third-order valence-electron chi connectivity index (χ3n) is 5.02. The van der Waals surface area contributed by atoms with Gasteiger partial charge in [-0.15, -0.1) is 0 Å². The number of anilines is 2. The van der Waals surface area contributed by atoms with E-state index in [2.05, 4.69) is 15.4 Å². The summed E-state index contributed by atoms with van der Waals surface area (Å²) in [7, 11) is -2.46. The minimum atomic E-state index is -3.94. The van der Waals surface area contributed by atoms with Crippen LogP contribution in [0.2, 0.25) is 0 Å². The molecule has 9 heteroatoms. The maximum atomic E-state index is 13.0. The number of ether oxygens (including phenoxy) is 1. The second kappa shape index (κ2) is 11.0. The molecule has 3 N–H and O–H groups in total. The quantitative estimate of drug-likeness (QED) is 0.429. The van der Waals surface area contributed by atoms with Crippen LogP contribution >= 0.6 is 0 Å². The van der Waals surface area contributed by atoms with E-state index in [4.69, 9.17) is 4.74 Å². The lowest BCUT2D eigenvalue weighted by Gasteiger charge is -2.22. The third kappa shape index (κ3) is 6.43. The number of carbonyl (C=O) groups excluding carboxylic acids is 2. The summed E-state index contributed by atoms with van der Waals surface area (Å²) in [6.45, 7) is 3.49. The summed E-state index contributed by atoms with van der Waals surface area (Å²) < 4.78 is 33.2. The van der Waals surface area contributed by atoms with E-state index in [-0.39, 0.29) is 16.7 Å². The van der Waals surface area contributed by atoms with Crippen molar-refractivity contribution in [2.24, 2.45) is 5.92 Å². The lowest BCUT2D eigenvalue weighted by molar-refractivity contribution is -0.118. The Morgan fingerprint density at radius 2 is 1.44 bits per heavy atom. The zero-order valence-electron chi connectivity index (χ0n) is 19.1. The summed E-state index contributed by atoms with van der Waals surface area (Å²) in [6, 6.07) is 20.3. The normalized spacial score (nSPS) is 12.1.